The highest BCUT2D eigenvalue weighted by atomic mass is 79.9. The second-order valence-electron chi connectivity index (χ2n) is 4.08. The minimum atomic E-state index is -3.72. The third-order valence-corrected chi connectivity index (χ3v) is 6.33. The average molecular weight is 425 g/mol. The first kappa shape index (κ1) is 17.3. The molecule has 0 aliphatic heterocycles. The van der Waals surface area contributed by atoms with Gasteiger partial charge in [0.05, 0.1) is 26.7 Å². The lowest BCUT2D eigenvalue weighted by atomic mass is 10.2. The number of carbonyl (C=O) groups excluding carboxylic acids is 1. The van der Waals surface area contributed by atoms with E-state index in [0.29, 0.717) is 3.79 Å². The second-order valence-corrected chi connectivity index (χ2v) is 8.86. The number of halogens is 2. The summed E-state index contributed by atoms with van der Waals surface area (Å²) in [4.78, 5) is 11.6. The molecule has 0 saturated heterocycles. The Kier molecular flexibility index (Phi) is 5.49. The van der Waals surface area contributed by atoms with Crippen molar-refractivity contribution in [1.82, 2.24) is 0 Å². The molecule has 118 valence electrons. The Balaban J connectivity index is 2.25. The molecule has 1 aromatic carbocycles. The first-order valence-electron chi connectivity index (χ1n) is 6.08. The number of esters is 1. The molecule has 0 aliphatic rings. The predicted molar refractivity (Wildman–Crippen MR) is 90.2 cm³/mol. The van der Waals surface area contributed by atoms with Gasteiger partial charge >= 0.3 is 5.97 Å². The Morgan fingerprint density at radius 1 is 1.36 bits per heavy atom. The van der Waals surface area contributed by atoms with Crippen LogP contribution < -0.4 is 4.72 Å². The Morgan fingerprint density at radius 3 is 2.64 bits per heavy atom. The summed E-state index contributed by atoms with van der Waals surface area (Å²) >= 11 is 10.3. The van der Waals surface area contributed by atoms with Crippen LogP contribution in [0, 0.1) is 0 Å². The quantitative estimate of drug-likeness (QED) is 0.732. The van der Waals surface area contributed by atoms with Crippen LogP contribution in [0.1, 0.15) is 17.3 Å². The Labute approximate surface area is 145 Å². The number of sulfonamides is 1. The number of ether oxygens (including phenoxy) is 1. The molecule has 0 bridgehead atoms. The topological polar surface area (TPSA) is 72.5 Å². The molecular weight excluding hydrogens is 414 g/mol. The van der Waals surface area contributed by atoms with Gasteiger partial charge in [0.1, 0.15) is 4.21 Å². The van der Waals surface area contributed by atoms with E-state index in [1.807, 2.05) is 0 Å². The van der Waals surface area contributed by atoms with Crippen LogP contribution in [0.3, 0.4) is 0 Å². The number of hydrogen-bond acceptors (Lipinski definition) is 5. The minimum absolute atomic E-state index is 0.116. The lowest BCUT2D eigenvalue weighted by Crippen LogP contribution is -2.12. The van der Waals surface area contributed by atoms with Crippen LogP contribution in [-0.4, -0.2) is 21.0 Å². The Hall–Kier alpha value is -1.09. The summed E-state index contributed by atoms with van der Waals surface area (Å²) in [6.07, 6.45) is 0. The van der Waals surface area contributed by atoms with Crippen LogP contribution in [0.2, 0.25) is 5.02 Å². The van der Waals surface area contributed by atoms with Crippen LogP contribution in [-0.2, 0) is 14.8 Å². The van der Waals surface area contributed by atoms with E-state index in [1.165, 1.54) is 24.3 Å². The smallest absolute Gasteiger partial charge is 0.338 e. The molecule has 0 fully saturated rings. The molecule has 22 heavy (non-hydrogen) atoms. The van der Waals surface area contributed by atoms with Crippen LogP contribution in [0.5, 0.6) is 0 Å². The number of hydrogen-bond donors (Lipinski definition) is 1. The molecule has 0 aliphatic carbocycles. The maximum absolute atomic E-state index is 12.2. The number of nitrogens with one attached hydrogen (secondary N) is 1. The lowest BCUT2D eigenvalue weighted by Gasteiger charge is -2.09. The predicted octanol–water partition coefficient (Wildman–Crippen LogP) is 4.14. The molecule has 0 saturated carbocycles. The average Bonchev–Trinajstić information content (AvgIpc) is 2.89. The van der Waals surface area contributed by atoms with Gasteiger partial charge in [0, 0.05) is 0 Å². The Morgan fingerprint density at radius 2 is 2.09 bits per heavy atom. The zero-order valence-electron chi connectivity index (χ0n) is 11.3. The summed E-state index contributed by atoms with van der Waals surface area (Å²) in [7, 11) is -3.72. The standard InChI is InChI=1S/C13H11BrClNO4S2/c1-2-20-13(17)8-3-4-10(9(15)7-8)16-22(18,19)12-6-5-11(14)21-12/h3-7,16H,2H2,1H3. The molecule has 0 amide bonds. The lowest BCUT2D eigenvalue weighted by molar-refractivity contribution is 0.0526. The molecule has 0 atom stereocenters. The van der Waals surface area contributed by atoms with Gasteiger partial charge in [0.2, 0.25) is 0 Å². The molecule has 0 unspecified atom stereocenters. The minimum Gasteiger partial charge on any atom is -0.462 e. The fraction of sp³-hybridized carbons (Fsp3) is 0.154. The van der Waals surface area contributed by atoms with E-state index >= 15 is 0 Å². The van der Waals surface area contributed by atoms with Gasteiger partial charge in [-0.2, -0.15) is 0 Å². The maximum atomic E-state index is 12.2. The van der Waals surface area contributed by atoms with Crippen molar-refractivity contribution in [3.8, 4) is 0 Å². The van der Waals surface area contributed by atoms with E-state index < -0.39 is 16.0 Å². The van der Waals surface area contributed by atoms with Gasteiger partial charge in [-0.25, -0.2) is 13.2 Å². The third kappa shape index (κ3) is 4.01. The van der Waals surface area contributed by atoms with Crippen LogP contribution in [0.4, 0.5) is 5.69 Å². The highest BCUT2D eigenvalue weighted by Gasteiger charge is 2.19. The highest BCUT2D eigenvalue weighted by molar-refractivity contribution is 9.11. The molecule has 2 aromatic rings. The highest BCUT2D eigenvalue weighted by Crippen LogP contribution is 2.30. The van der Waals surface area contributed by atoms with Crippen molar-refractivity contribution < 1.29 is 17.9 Å². The van der Waals surface area contributed by atoms with Gasteiger partial charge in [-0.15, -0.1) is 11.3 Å². The van der Waals surface area contributed by atoms with Crippen molar-refractivity contribution in [3.05, 3.63) is 44.7 Å². The summed E-state index contributed by atoms with van der Waals surface area (Å²) in [5.41, 5.74) is 0.452. The van der Waals surface area contributed by atoms with E-state index in [2.05, 4.69) is 20.7 Å². The monoisotopic (exact) mass is 423 g/mol. The van der Waals surface area contributed by atoms with Gasteiger partial charge in [-0.1, -0.05) is 11.6 Å². The molecule has 0 spiro atoms. The molecule has 1 heterocycles. The number of thiophene rings is 1. The van der Waals surface area contributed by atoms with Crippen LogP contribution >= 0.6 is 38.9 Å². The van der Waals surface area contributed by atoms with Crippen molar-refractivity contribution in [2.24, 2.45) is 0 Å². The summed E-state index contributed by atoms with van der Waals surface area (Å²) in [5.74, 6) is -0.513. The van der Waals surface area contributed by atoms with E-state index in [1.54, 1.807) is 13.0 Å². The summed E-state index contributed by atoms with van der Waals surface area (Å²) in [5, 5.41) is 0.116. The van der Waals surface area contributed by atoms with Crippen molar-refractivity contribution in [1.29, 1.82) is 0 Å². The van der Waals surface area contributed by atoms with Crippen LogP contribution in [0.25, 0.3) is 0 Å². The molecule has 0 radical (unpaired) electrons. The summed E-state index contributed by atoms with van der Waals surface area (Å²) < 4.78 is 32.5. The van der Waals surface area contributed by atoms with E-state index in [9.17, 15) is 13.2 Å². The maximum Gasteiger partial charge on any atom is 0.338 e. The second kappa shape index (κ2) is 6.99. The van der Waals surface area contributed by atoms with Crippen molar-refractivity contribution in [2.75, 3.05) is 11.3 Å². The van der Waals surface area contributed by atoms with Crippen molar-refractivity contribution in [2.45, 2.75) is 11.1 Å². The van der Waals surface area contributed by atoms with Gasteiger partial charge in [-0.3, -0.25) is 4.72 Å². The number of anilines is 1. The normalized spacial score (nSPS) is 11.2. The van der Waals surface area contributed by atoms with Gasteiger partial charge in [0.25, 0.3) is 10.0 Å². The van der Waals surface area contributed by atoms with Gasteiger partial charge in [0.15, 0.2) is 0 Å². The fourth-order valence-electron chi connectivity index (χ4n) is 1.58. The number of benzene rings is 1. The zero-order chi connectivity index (χ0) is 16.3. The zero-order valence-corrected chi connectivity index (χ0v) is 15.3. The SMILES string of the molecule is CCOC(=O)c1ccc(NS(=O)(=O)c2ccc(Br)s2)c(Cl)c1. The molecule has 1 N–H and O–H groups in total. The number of rotatable bonds is 5. The largest absolute Gasteiger partial charge is 0.462 e. The van der Waals surface area contributed by atoms with E-state index in [-0.39, 0.29) is 27.1 Å². The Bertz CT molecular complexity index is 804. The summed E-state index contributed by atoms with van der Waals surface area (Å²) in [6.45, 7) is 1.94. The van der Waals surface area contributed by atoms with E-state index in [0.717, 1.165) is 11.3 Å². The van der Waals surface area contributed by atoms with Gasteiger partial charge in [-0.05, 0) is 53.2 Å². The van der Waals surface area contributed by atoms with Gasteiger partial charge < -0.3 is 4.74 Å². The molecule has 2 rings (SSSR count). The summed E-state index contributed by atoms with van der Waals surface area (Å²) in [6, 6.07) is 7.37. The first-order valence-corrected chi connectivity index (χ1v) is 9.55. The first-order chi connectivity index (χ1) is 10.3. The van der Waals surface area contributed by atoms with E-state index in [4.69, 9.17) is 16.3 Å². The molecular formula is C13H11BrClNO4S2. The molecule has 5 nitrogen and oxygen atoms in total. The third-order valence-electron chi connectivity index (χ3n) is 2.54. The molecule has 1 aromatic heterocycles. The molecule has 9 heteroatoms. The van der Waals surface area contributed by atoms with Crippen molar-refractivity contribution in [3.63, 3.8) is 0 Å². The van der Waals surface area contributed by atoms with Crippen LogP contribution in [0.15, 0.2) is 38.3 Å². The number of carbonyl (C=O) groups is 1. The van der Waals surface area contributed by atoms with Crippen molar-refractivity contribution >= 4 is 60.5 Å². The fourth-order valence-corrected chi connectivity index (χ4v) is 4.95.